The van der Waals surface area contributed by atoms with Gasteiger partial charge >= 0.3 is 5.97 Å². The molecular weight excluding hydrogens is 176 g/mol. The molecule has 0 aromatic heterocycles. The van der Waals surface area contributed by atoms with Gasteiger partial charge in [0.25, 0.3) is 0 Å². The van der Waals surface area contributed by atoms with Gasteiger partial charge in [0.05, 0.1) is 5.92 Å². The van der Waals surface area contributed by atoms with Gasteiger partial charge < -0.3 is 5.11 Å². The average Bonchev–Trinajstić information content (AvgIpc) is 2.16. The summed E-state index contributed by atoms with van der Waals surface area (Å²) in [6.07, 6.45) is 1.78. The standard InChI is InChI=1S/C12H14O2/c1-8-6-9-4-2-3-5-10(9)11(7-8)12(13)14/h2-5,8,11H,6-7H2,1H3,(H,13,14)/t8-,11?/m0/s1. The Hall–Kier alpha value is -1.31. The van der Waals surface area contributed by atoms with Gasteiger partial charge in [0.15, 0.2) is 0 Å². The molecule has 0 spiro atoms. The summed E-state index contributed by atoms with van der Waals surface area (Å²) >= 11 is 0. The number of rotatable bonds is 1. The lowest BCUT2D eigenvalue weighted by Gasteiger charge is -2.26. The maximum absolute atomic E-state index is 11.1. The van der Waals surface area contributed by atoms with Crippen molar-refractivity contribution in [2.75, 3.05) is 0 Å². The molecular formula is C12H14O2. The van der Waals surface area contributed by atoms with Crippen LogP contribution in [0.5, 0.6) is 0 Å². The van der Waals surface area contributed by atoms with Crippen LogP contribution < -0.4 is 0 Å². The first-order valence-electron chi connectivity index (χ1n) is 4.99. The van der Waals surface area contributed by atoms with Gasteiger partial charge in [-0.15, -0.1) is 0 Å². The summed E-state index contributed by atoms with van der Waals surface area (Å²) in [5.41, 5.74) is 2.22. The molecule has 0 saturated carbocycles. The van der Waals surface area contributed by atoms with Crippen LogP contribution in [0.1, 0.15) is 30.4 Å². The fraction of sp³-hybridized carbons (Fsp3) is 0.417. The minimum Gasteiger partial charge on any atom is -0.481 e. The maximum atomic E-state index is 11.1. The zero-order valence-corrected chi connectivity index (χ0v) is 8.23. The van der Waals surface area contributed by atoms with Gasteiger partial charge in [0.2, 0.25) is 0 Å². The van der Waals surface area contributed by atoms with Gasteiger partial charge in [-0.3, -0.25) is 4.79 Å². The SMILES string of the molecule is C[C@H]1Cc2ccccc2C(C(=O)O)C1. The van der Waals surface area contributed by atoms with Crippen molar-refractivity contribution in [2.24, 2.45) is 5.92 Å². The highest BCUT2D eigenvalue weighted by Crippen LogP contribution is 2.34. The smallest absolute Gasteiger partial charge is 0.310 e. The lowest BCUT2D eigenvalue weighted by atomic mass is 9.78. The lowest BCUT2D eigenvalue weighted by molar-refractivity contribution is -0.139. The number of carboxylic acids is 1. The first kappa shape index (κ1) is 9.25. The highest BCUT2D eigenvalue weighted by molar-refractivity contribution is 5.77. The topological polar surface area (TPSA) is 37.3 Å². The van der Waals surface area contributed by atoms with E-state index in [0.29, 0.717) is 5.92 Å². The van der Waals surface area contributed by atoms with Crippen molar-refractivity contribution in [1.29, 1.82) is 0 Å². The monoisotopic (exact) mass is 190 g/mol. The Morgan fingerprint density at radius 1 is 1.43 bits per heavy atom. The van der Waals surface area contributed by atoms with Crippen LogP contribution in [-0.4, -0.2) is 11.1 Å². The van der Waals surface area contributed by atoms with Gasteiger partial charge in [0, 0.05) is 0 Å². The summed E-state index contributed by atoms with van der Waals surface area (Å²) in [6, 6.07) is 7.89. The third kappa shape index (κ3) is 1.52. The number of fused-ring (bicyclic) bond motifs is 1. The van der Waals surface area contributed by atoms with Crippen LogP contribution in [0.4, 0.5) is 0 Å². The molecule has 2 rings (SSSR count). The first-order valence-corrected chi connectivity index (χ1v) is 4.99. The number of hydrogen-bond donors (Lipinski definition) is 1. The number of benzene rings is 1. The van der Waals surface area contributed by atoms with Crippen molar-refractivity contribution >= 4 is 5.97 Å². The number of carboxylic acid groups (broad SMARTS) is 1. The van der Waals surface area contributed by atoms with Crippen LogP contribution in [0.25, 0.3) is 0 Å². The molecule has 2 nitrogen and oxygen atoms in total. The predicted molar refractivity (Wildman–Crippen MR) is 54.3 cm³/mol. The molecule has 1 aliphatic rings. The second-order valence-electron chi connectivity index (χ2n) is 4.13. The minimum absolute atomic E-state index is 0.296. The second kappa shape index (κ2) is 3.45. The van der Waals surface area contributed by atoms with Gasteiger partial charge in [-0.2, -0.15) is 0 Å². The van der Waals surface area contributed by atoms with Crippen molar-refractivity contribution in [2.45, 2.75) is 25.7 Å². The largest absolute Gasteiger partial charge is 0.481 e. The molecule has 2 heteroatoms. The van der Waals surface area contributed by atoms with Crippen LogP contribution in [0.3, 0.4) is 0 Å². The first-order chi connectivity index (χ1) is 6.68. The molecule has 1 unspecified atom stereocenters. The van der Waals surface area contributed by atoms with Crippen LogP contribution in [0.15, 0.2) is 24.3 Å². The maximum Gasteiger partial charge on any atom is 0.310 e. The molecule has 0 heterocycles. The van der Waals surface area contributed by atoms with E-state index in [1.807, 2.05) is 24.3 Å². The van der Waals surface area contributed by atoms with E-state index in [2.05, 4.69) is 6.92 Å². The van der Waals surface area contributed by atoms with Crippen LogP contribution >= 0.6 is 0 Å². The van der Waals surface area contributed by atoms with Crippen molar-refractivity contribution in [3.63, 3.8) is 0 Å². The summed E-state index contributed by atoms with van der Waals surface area (Å²) in [4.78, 5) is 11.1. The molecule has 1 aromatic carbocycles. The highest BCUT2D eigenvalue weighted by Gasteiger charge is 2.28. The molecule has 0 aliphatic heterocycles. The normalized spacial score (nSPS) is 25.5. The summed E-state index contributed by atoms with van der Waals surface area (Å²) in [5, 5.41) is 9.10. The van der Waals surface area contributed by atoms with E-state index in [9.17, 15) is 4.79 Å². The molecule has 1 aromatic rings. The van der Waals surface area contributed by atoms with Crippen molar-refractivity contribution in [3.05, 3.63) is 35.4 Å². The van der Waals surface area contributed by atoms with Gasteiger partial charge in [-0.1, -0.05) is 31.2 Å². The van der Waals surface area contributed by atoms with Crippen LogP contribution in [0, 0.1) is 5.92 Å². The summed E-state index contributed by atoms with van der Waals surface area (Å²) < 4.78 is 0. The zero-order valence-electron chi connectivity index (χ0n) is 8.23. The highest BCUT2D eigenvalue weighted by atomic mass is 16.4. The van der Waals surface area contributed by atoms with E-state index in [4.69, 9.17) is 5.11 Å². The van der Waals surface area contributed by atoms with Crippen LogP contribution in [-0.2, 0) is 11.2 Å². The van der Waals surface area contributed by atoms with Gasteiger partial charge in [-0.05, 0) is 29.9 Å². The Kier molecular flexibility index (Phi) is 2.28. The minimum atomic E-state index is -0.691. The van der Waals surface area contributed by atoms with E-state index in [1.165, 1.54) is 5.56 Å². The van der Waals surface area contributed by atoms with Gasteiger partial charge in [0.1, 0.15) is 0 Å². The Morgan fingerprint density at radius 2 is 2.14 bits per heavy atom. The molecule has 0 bridgehead atoms. The Morgan fingerprint density at radius 3 is 2.86 bits per heavy atom. The molecule has 1 aliphatic carbocycles. The van der Waals surface area contributed by atoms with E-state index in [-0.39, 0.29) is 5.92 Å². The molecule has 1 N–H and O–H groups in total. The Bertz CT molecular complexity index is 357. The summed E-state index contributed by atoms with van der Waals surface area (Å²) in [7, 11) is 0. The molecule has 0 amide bonds. The Labute approximate surface area is 83.6 Å². The predicted octanol–water partition coefficient (Wildman–Crippen LogP) is 2.44. The summed E-state index contributed by atoms with van der Waals surface area (Å²) in [5.74, 6) is -0.509. The molecule has 74 valence electrons. The lowest BCUT2D eigenvalue weighted by Crippen LogP contribution is -2.22. The van der Waals surface area contributed by atoms with Crippen LogP contribution in [0.2, 0.25) is 0 Å². The third-order valence-corrected chi connectivity index (χ3v) is 2.94. The molecule has 2 atom stereocenters. The number of hydrogen-bond acceptors (Lipinski definition) is 1. The molecule has 0 fully saturated rings. The Balaban J connectivity index is 2.43. The van der Waals surface area contributed by atoms with Crippen molar-refractivity contribution < 1.29 is 9.90 Å². The van der Waals surface area contributed by atoms with Crippen molar-refractivity contribution in [1.82, 2.24) is 0 Å². The third-order valence-electron chi connectivity index (χ3n) is 2.94. The fourth-order valence-electron chi connectivity index (χ4n) is 2.28. The number of aliphatic carboxylic acids is 1. The number of carbonyl (C=O) groups is 1. The fourth-order valence-corrected chi connectivity index (χ4v) is 2.28. The quantitative estimate of drug-likeness (QED) is 0.738. The molecule has 14 heavy (non-hydrogen) atoms. The molecule has 0 saturated heterocycles. The average molecular weight is 190 g/mol. The zero-order chi connectivity index (χ0) is 10.1. The van der Waals surface area contributed by atoms with E-state index < -0.39 is 5.97 Å². The molecule has 0 radical (unpaired) electrons. The van der Waals surface area contributed by atoms with Crippen molar-refractivity contribution in [3.8, 4) is 0 Å². The van der Waals surface area contributed by atoms with E-state index in [0.717, 1.165) is 18.4 Å². The van der Waals surface area contributed by atoms with E-state index in [1.54, 1.807) is 0 Å². The van der Waals surface area contributed by atoms with Gasteiger partial charge in [-0.25, -0.2) is 0 Å². The summed E-state index contributed by atoms with van der Waals surface area (Å²) in [6.45, 7) is 2.12. The second-order valence-corrected chi connectivity index (χ2v) is 4.13. The van der Waals surface area contributed by atoms with E-state index >= 15 is 0 Å².